The van der Waals surface area contributed by atoms with E-state index >= 15 is 0 Å². The van der Waals surface area contributed by atoms with Crippen molar-refractivity contribution < 1.29 is 34.6 Å². The van der Waals surface area contributed by atoms with Crippen LogP contribution in [0.25, 0.3) is 0 Å². The fraction of sp³-hybridized carbons (Fsp3) is 0. The summed E-state index contributed by atoms with van der Waals surface area (Å²) in [6.45, 7) is 0. The van der Waals surface area contributed by atoms with Gasteiger partial charge in [0.05, 0.1) is 0 Å². The fourth-order valence-electron chi connectivity index (χ4n) is 0.313. The molecule has 1 rings (SSSR count). The van der Waals surface area contributed by atoms with Crippen molar-refractivity contribution in [2.45, 2.75) is 0 Å². The van der Waals surface area contributed by atoms with Crippen LogP contribution in [0.2, 0.25) is 0 Å². The number of nitrogens with zero attached hydrogens (tertiary/aromatic N) is 1. The van der Waals surface area contributed by atoms with Crippen molar-refractivity contribution in [3.63, 3.8) is 0 Å². The van der Waals surface area contributed by atoms with Crippen LogP contribution in [0.3, 0.4) is 0 Å². The number of pyridine rings is 1. The average Bonchev–Trinajstić information content (AvgIpc) is 1.88. The van der Waals surface area contributed by atoms with Crippen molar-refractivity contribution in [2.24, 2.45) is 0 Å². The van der Waals surface area contributed by atoms with E-state index in [9.17, 15) is 0 Å². The first-order valence-corrected chi connectivity index (χ1v) is 3.95. The summed E-state index contributed by atoms with van der Waals surface area (Å²) in [5.74, 6) is 0. The molecular weight excluding hydrogens is 257 g/mol. The predicted octanol–water partition coefficient (Wildman–Crippen LogP) is -0.222. The van der Waals surface area contributed by atoms with Gasteiger partial charge in [0.1, 0.15) is 0 Å². The Morgan fingerprint density at radius 1 is 1.00 bits per heavy atom. The van der Waals surface area contributed by atoms with E-state index < -0.39 is 10.4 Å². The summed E-state index contributed by atoms with van der Waals surface area (Å²) in [6, 6.07) is 5.72. The van der Waals surface area contributed by atoms with Crippen LogP contribution >= 0.6 is 0 Å². The molecule has 0 amide bonds. The first-order valence-electron chi connectivity index (χ1n) is 2.55. The molecule has 0 bridgehead atoms. The number of aromatic nitrogens is 1. The normalized spacial score (nSPS) is 8.15. The zero-order valence-corrected chi connectivity index (χ0v) is 7.51. The Balaban J connectivity index is -0.000000136. The summed E-state index contributed by atoms with van der Waals surface area (Å²) >= 11 is 0. The Kier molecular flexibility index (Phi) is 15.7. The van der Waals surface area contributed by atoms with Crippen LogP contribution in [0.5, 0.6) is 0 Å². The molecule has 2 N–H and O–H groups in total. The van der Waals surface area contributed by atoms with Crippen LogP contribution in [-0.4, -0.2) is 52.1 Å². The smallest absolute Gasteiger partial charge is 0.0267 e. The molecule has 75 valence electrons. The zero-order valence-electron chi connectivity index (χ0n) is 5.75. The van der Waals surface area contributed by atoms with Gasteiger partial charge in [-0.1, -0.05) is 6.07 Å². The summed E-state index contributed by atoms with van der Waals surface area (Å²) in [7, 11) is -4.67. The second-order valence-electron chi connectivity index (χ2n) is 1.47. The van der Waals surface area contributed by atoms with Crippen LogP contribution in [0.15, 0.2) is 30.6 Å². The maximum atomic E-state index is 8.74. The first kappa shape index (κ1) is 19.2. The van der Waals surface area contributed by atoms with E-state index in [0.717, 1.165) is 0 Å². The maximum absolute atomic E-state index is 8.74. The van der Waals surface area contributed by atoms with Gasteiger partial charge in [0.15, 0.2) is 0 Å². The average molecular weight is 265 g/mol. The third-order valence-corrected chi connectivity index (χ3v) is 0.566. The van der Waals surface area contributed by atoms with Crippen LogP contribution in [0, 0.1) is 0 Å². The first-order chi connectivity index (χ1) is 5.00. The summed E-state index contributed by atoms with van der Waals surface area (Å²) in [6.07, 6.45) is 3.50. The van der Waals surface area contributed by atoms with Gasteiger partial charge in [0, 0.05) is 29.5 Å². The van der Waals surface area contributed by atoms with Gasteiger partial charge in [-0.15, -0.1) is 0 Å². The van der Waals surface area contributed by atoms with Gasteiger partial charge in [-0.25, -0.2) is 0 Å². The quantitative estimate of drug-likeness (QED) is 0.500. The Morgan fingerprint density at radius 3 is 1.38 bits per heavy atom. The van der Waals surface area contributed by atoms with Crippen LogP contribution in [-0.2, 0) is 27.5 Å². The maximum Gasteiger partial charge on any atom is 0.0267 e. The molecule has 0 aromatic carbocycles. The van der Waals surface area contributed by atoms with Crippen LogP contribution in [0.4, 0.5) is 0 Å². The Morgan fingerprint density at radius 2 is 1.31 bits per heavy atom. The molecule has 1 aromatic rings. The Labute approximate surface area is 109 Å². The van der Waals surface area contributed by atoms with E-state index in [-0.39, 0.29) is 46.6 Å². The van der Waals surface area contributed by atoms with Crippen LogP contribution < -0.4 is 0 Å². The Bertz CT molecular complexity index is 245. The largest absolute Gasteiger partial charge is 0.265 e. The molecule has 5 nitrogen and oxygen atoms in total. The molecule has 0 atom stereocenters. The SMILES string of the molecule is O=S(=O)(O)O.[Cu].[NaH].c1ccncc1. The predicted molar refractivity (Wildman–Crippen MR) is 45.6 cm³/mol. The van der Waals surface area contributed by atoms with Gasteiger partial charge in [-0.05, 0) is 12.1 Å². The topological polar surface area (TPSA) is 87.5 Å². The van der Waals surface area contributed by atoms with Gasteiger partial charge in [-0.2, -0.15) is 8.42 Å². The van der Waals surface area contributed by atoms with E-state index in [1.54, 1.807) is 12.4 Å². The molecule has 1 heterocycles. The van der Waals surface area contributed by atoms with E-state index in [1.807, 2.05) is 18.2 Å². The molecular formula is C5H8CuNNaO4S. The molecule has 8 heteroatoms. The van der Waals surface area contributed by atoms with Gasteiger partial charge in [0.2, 0.25) is 0 Å². The second-order valence-corrected chi connectivity index (χ2v) is 2.37. The molecule has 0 unspecified atom stereocenters. The summed E-state index contributed by atoms with van der Waals surface area (Å²) in [4.78, 5) is 3.78. The monoisotopic (exact) mass is 264 g/mol. The third kappa shape index (κ3) is 32.6. The molecule has 0 fully saturated rings. The molecule has 0 aliphatic heterocycles. The summed E-state index contributed by atoms with van der Waals surface area (Å²) in [5.41, 5.74) is 0. The Hall–Kier alpha value is 0.539. The van der Waals surface area contributed by atoms with Crippen molar-refractivity contribution in [2.75, 3.05) is 0 Å². The van der Waals surface area contributed by atoms with Gasteiger partial charge < -0.3 is 0 Å². The van der Waals surface area contributed by atoms with E-state index in [4.69, 9.17) is 17.5 Å². The minimum absolute atomic E-state index is 0. The van der Waals surface area contributed by atoms with Crippen molar-refractivity contribution in [1.29, 1.82) is 0 Å². The van der Waals surface area contributed by atoms with Crippen molar-refractivity contribution >= 4 is 40.0 Å². The molecule has 0 aliphatic carbocycles. The van der Waals surface area contributed by atoms with Gasteiger partial charge in [-0.3, -0.25) is 14.1 Å². The second kappa shape index (κ2) is 10.6. The minimum Gasteiger partial charge on any atom is -0.265 e. The molecule has 0 saturated heterocycles. The minimum atomic E-state index is -4.67. The molecule has 1 radical (unpaired) electrons. The standard InChI is InChI=1S/C5H5N.Cu.Na.H2O4S.H/c1-2-4-6-5-3-1;;;1-5(2,3)4;/h1-5H;;;(H2,1,2,3,4);. The molecule has 13 heavy (non-hydrogen) atoms. The third-order valence-electron chi connectivity index (χ3n) is 0.566. The molecule has 0 saturated carbocycles. The number of hydrogen-bond acceptors (Lipinski definition) is 3. The number of hydrogen-bond donors (Lipinski definition) is 2. The van der Waals surface area contributed by atoms with Gasteiger partial charge in [0.25, 0.3) is 0 Å². The zero-order chi connectivity index (χ0) is 8.74. The van der Waals surface area contributed by atoms with Crippen molar-refractivity contribution in [3.05, 3.63) is 30.6 Å². The van der Waals surface area contributed by atoms with E-state index in [2.05, 4.69) is 4.98 Å². The number of rotatable bonds is 0. The van der Waals surface area contributed by atoms with E-state index in [0.29, 0.717) is 0 Å². The van der Waals surface area contributed by atoms with Crippen molar-refractivity contribution in [1.82, 2.24) is 4.98 Å². The summed E-state index contributed by atoms with van der Waals surface area (Å²) in [5, 5.41) is 0. The van der Waals surface area contributed by atoms with Crippen LogP contribution in [0.1, 0.15) is 0 Å². The molecule has 0 spiro atoms. The molecule has 0 aliphatic rings. The fourth-order valence-corrected chi connectivity index (χ4v) is 0.313. The van der Waals surface area contributed by atoms with Gasteiger partial charge >= 0.3 is 40.0 Å². The molecule has 1 aromatic heterocycles. The van der Waals surface area contributed by atoms with E-state index in [1.165, 1.54) is 0 Å². The van der Waals surface area contributed by atoms with Crippen molar-refractivity contribution in [3.8, 4) is 0 Å². The summed E-state index contributed by atoms with van der Waals surface area (Å²) < 4.78 is 31.6.